The first-order valence-corrected chi connectivity index (χ1v) is 7.36. The van der Waals surface area contributed by atoms with Gasteiger partial charge in [0.05, 0.1) is 5.69 Å². The molecule has 0 spiro atoms. The first-order valence-electron chi connectivity index (χ1n) is 5.97. The van der Waals surface area contributed by atoms with Crippen molar-refractivity contribution in [2.24, 2.45) is 12.8 Å². The molecule has 0 aliphatic heterocycles. The number of aromatic nitrogens is 2. The van der Waals surface area contributed by atoms with Gasteiger partial charge in [-0.05, 0) is 33.1 Å². The van der Waals surface area contributed by atoms with E-state index in [0.717, 1.165) is 17.9 Å². The number of aryl methyl sites for hydroxylation is 2. The van der Waals surface area contributed by atoms with Crippen molar-refractivity contribution in [1.29, 1.82) is 0 Å². The zero-order valence-electron chi connectivity index (χ0n) is 11.5. The van der Waals surface area contributed by atoms with Crippen LogP contribution in [0.25, 0.3) is 0 Å². The molecular weight excluding hydrogens is 232 g/mol. The molecule has 4 nitrogen and oxygen atoms in total. The second-order valence-electron chi connectivity index (χ2n) is 4.47. The molecule has 0 saturated carbocycles. The second kappa shape index (κ2) is 6.31. The van der Waals surface area contributed by atoms with Crippen molar-refractivity contribution in [2.75, 3.05) is 30.5 Å². The Hall–Kier alpha value is -0.680. The molecule has 1 atom stereocenters. The Balaban J connectivity index is 3.02. The molecule has 0 aliphatic carbocycles. The molecule has 0 fully saturated rings. The third-order valence-corrected chi connectivity index (χ3v) is 3.93. The van der Waals surface area contributed by atoms with E-state index >= 15 is 0 Å². The van der Waals surface area contributed by atoms with E-state index in [1.807, 2.05) is 23.5 Å². The topological polar surface area (TPSA) is 47.1 Å². The molecule has 17 heavy (non-hydrogen) atoms. The van der Waals surface area contributed by atoms with Crippen LogP contribution < -0.4 is 10.6 Å². The number of thioether (sulfide) groups is 1. The van der Waals surface area contributed by atoms with E-state index in [9.17, 15) is 0 Å². The summed E-state index contributed by atoms with van der Waals surface area (Å²) in [5, 5.41) is 4.51. The maximum absolute atomic E-state index is 5.68. The molecule has 1 heterocycles. The second-order valence-corrected chi connectivity index (χ2v) is 5.38. The van der Waals surface area contributed by atoms with Crippen LogP contribution in [0.3, 0.4) is 0 Å². The summed E-state index contributed by atoms with van der Waals surface area (Å²) < 4.78 is 1.97. The number of nitrogens with two attached hydrogens (primary N) is 1. The highest BCUT2D eigenvalue weighted by atomic mass is 32.2. The van der Waals surface area contributed by atoms with Crippen LogP contribution >= 0.6 is 11.8 Å². The quantitative estimate of drug-likeness (QED) is 0.836. The van der Waals surface area contributed by atoms with Crippen LogP contribution in [0.15, 0.2) is 0 Å². The molecular formula is C12H24N4S. The number of rotatable bonds is 6. The van der Waals surface area contributed by atoms with Gasteiger partial charge in [0.1, 0.15) is 5.82 Å². The summed E-state index contributed by atoms with van der Waals surface area (Å²) in [5.41, 5.74) is 8.06. The largest absolute Gasteiger partial charge is 0.356 e. The standard InChI is InChI=1S/C12H24N4S/c1-9(8-17-5)15(3)12-11(6-7-13)10(2)14-16(12)4/h9H,6-8,13H2,1-5H3. The van der Waals surface area contributed by atoms with Crippen LogP contribution in [-0.4, -0.2) is 41.4 Å². The lowest BCUT2D eigenvalue weighted by Gasteiger charge is -2.27. The predicted octanol–water partition coefficient (Wildman–Crippen LogP) is 1.42. The molecule has 0 saturated heterocycles. The van der Waals surface area contributed by atoms with Crippen LogP contribution in [0.2, 0.25) is 0 Å². The van der Waals surface area contributed by atoms with Crippen molar-refractivity contribution >= 4 is 17.6 Å². The molecule has 1 rings (SSSR count). The van der Waals surface area contributed by atoms with Crippen LogP contribution in [0.1, 0.15) is 18.2 Å². The summed E-state index contributed by atoms with van der Waals surface area (Å²) in [4.78, 5) is 2.31. The highest BCUT2D eigenvalue weighted by Gasteiger charge is 2.19. The highest BCUT2D eigenvalue weighted by molar-refractivity contribution is 7.98. The summed E-state index contributed by atoms with van der Waals surface area (Å²) in [7, 11) is 4.14. The predicted molar refractivity (Wildman–Crippen MR) is 77.0 cm³/mol. The van der Waals surface area contributed by atoms with E-state index < -0.39 is 0 Å². The maximum Gasteiger partial charge on any atom is 0.130 e. The average molecular weight is 256 g/mol. The fourth-order valence-corrected chi connectivity index (χ4v) is 2.84. The van der Waals surface area contributed by atoms with E-state index in [1.165, 1.54) is 11.4 Å². The minimum Gasteiger partial charge on any atom is -0.356 e. The van der Waals surface area contributed by atoms with Crippen LogP contribution in [0, 0.1) is 6.92 Å². The Kier molecular flexibility index (Phi) is 5.33. The lowest BCUT2D eigenvalue weighted by molar-refractivity contribution is 0.684. The average Bonchev–Trinajstić information content (AvgIpc) is 2.54. The normalized spacial score (nSPS) is 12.8. The molecule has 98 valence electrons. The van der Waals surface area contributed by atoms with Gasteiger partial charge < -0.3 is 10.6 Å². The number of anilines is 1. The smallest absolute Gasteiger partial charge is 0.130 e. The maximum atomic E-state index is 5.68. The monoisotopic (exact) mass is 256 g/mol. The molecule has 1 aromatic heterocycles. The highest BCUT2D eigenvalue weighted by Crippen LogP contribution is 2.24. The van der Waals surface area contributed by atoms with Crippen molar-refractivity contribution < 1.29 is 0 Å². The zero-order valence-corrected chi connectivity index (χ0v) is 12.3. The van der Waals surface area contributed by atoms with E-state index in [0.29, 0.717) is 12.6 Å². The van der Waals surface area contributed by atoms with Crippen molar-refractivity contribution in [3.63, 3.8) is 0 Å². The van der Waals surface area contributed by atoms with Gasteiger partial charge in [0, 0.05) is 31.5 Å². The molecule has 0 aromatic carbocycles. The van der Waals surface area contributed by atoms with Gasteiger partial charge in [-0.3, -0.25) is 4.68 Å². The molecule has 0 amide bonds. The van der Waals surface area contributed by atoms with Crippen LogP contribution in [0.5, 0.6) is 0 Å². The van der Waals surface area contributed by atoms with Crippen molar-refractivity contribution in [1.82, 2.24) is 9.78 Å². The molecule has 2 N–H and O–H groups in total. The minimum atomic E-state index is 0.497. The van der Waals surface area contributed by atoms with Gasteiger partial charge in [0.25, 0.3) is 0 Å². The van der Waals surface area contributed by atoms with Crippen molar-refractivity contribution in [3.8, 4) is 0 Å². The Bertz CT molecular complexity index is 362. The third-order valence-electron chi connectivity index (χ3n) is 3.11. The molecule has 0 aliphatic rings. The zero-order chi connectivity index (χ0) is 13.0. The van der Waals surface area contributed by atoms with Crippen LogP contribution in [0.4, 0.5) is 5.82 Å². The molecule has 1 unspecified atom stereocenters. The molecule has 5 heteroatoms. The first-order chi connectivity index (χ1) is 8.02. The Morgan fingerprint density at radius 1 is 1.53 bits per heavy atom. The van der Waals surface area contributed by atoms with Gasteiger partial charge >= 0.3 is 0 Å². The number of nitrogens with zero attached hydrogens (tertiary/aromatic N) is 3. The van der Waals surface area contributed by atoms with Gasteiger partial charge in [-0.2, -0.15) is 16.9 Å². The van der Waals surface area contributed by atoms with Gasteiger partial charge in [-0.1, -0.05) is 0 Å². The lowest BCUT2D eigenvalue weighted by Crippen LogP contribution is -2.33. The molecule has 1 aromatic rings. The summed E-state index contributed by atoms with van der Waals surface area (Å²) in [6.45, 7) is 4.97. The Morgan fingerprint density at radius 2 is 2.18 bits per heavy atom. The van der Waals surface area contributed by atoms with E-state index in [1.54, 1.807) is 0 Å². The fraction of sp³-hybridized carbons (Fsp3) is 0.750. The SMILES string of the molecule is CSCC(C)N(C)c1c(CCN)c(C)nn1C. The van der Waals surface area contributed by atoms with E-state index in [-0.39, 0.29) is 0 Å². The van der Waals surface area contributed by atoms with Crippen LogP contribution in [-0.2, 0) is 13.5 Å². The van der Waals surface area contributed by atoms with Crippen molar-refractivity contribution in [3.05, 3.63) is 11.3 Å². The van der Waals surface area contributed by atoms with Crippen molar-refractivity contribution in [2.45, 2.75) is 26.3 Å². The number of hydrogen-bond donors (Lipinski definition) is 1. The minimum absolute atomic E-state index is 0.497. The summed E-state index contributed by atoms with van der Waals surface area (Å²) in [5.74, 6) is 2.32. The summed E-state index contributed by atoms with van der Waals surface area (Å²) >= 11 is 1.87. The first kappa shape index (κ1) is 14.4. The van der Waals surface area contributed by atoms with Gasteiger partial charge in [0.15, 0.2) is 0 Å². The van der Waals surface area contributed by atoms with E-state index in [4.69, 9.17) is 5.73 Å². The lowest BCUT2D eigenvalue weighted by atomic mass is 10.1. The third kappa shape index (κ3) is 3.16. The van der Waals surface area contributed by atoms with E-state index in [2.05, 4.69) is 37.1 Å². The number of hydrogen-bond acceptors (Lipinski definition) is 4. The van der Waals surface area contributed by atoms with Gasteiger partial charge in [-0.15, -0.1) is 0 Å². The Morgan fingerprint density at radius 3 is 2.71 bits per heavy atom. The Labute approximate surface area is 109 Å². The van der Waals surface area contributed by atoms with Gasteiger partial charge in [0.2, 0.25) is 0 Å². The molecule has 0 radical (unpaired) electrons. The molecule has 0 bridgehead atoms. The fourth-order valence-electron chi connectivity index (χ4n) is 2.13. The summed E-state index contributed by atoms with van der Waals surface area (Å²) in [6.07, 6.45) is 3.03. The van der Waals surface area contributed by atoms with Gasteiger partial charge in [-0.25, -0.2) is 0 Å². The summed E-state index contributed by atoms with van der Waals surface area (Å²) in [6, 6.07) is 0.497.